The second kappa shape index (κ2) is 6.19. The first-order valence-electron chi connectivity index (χ1n) is 8.19. The molecule has 0 saturated carbocycles. The maximum atomic E-state index is 12.4. The first-order valence-corrected chi connectivity index (χ1v) is 8.19. The quantitative estimate of drug-likeness (QED) is 0.917. The number of methoxy groups -OCH3 is 2. The monoisotopic (exact) mass is 345 g/mol. The van der Waals surface area contributed by atoms with Crippen LogP contribution in [0.15, 0.2) is 22.6 Å². The number of benzene rings is 1. The summed E-state index contributed by atoms with van der Waals surface area (Å²) in [7, 11) is 3.13. The molecule has 1 heterocycles. The fourth-order valence-electron chi connectivity index (χ4n) is 3.88. The average molecular weight is 345 g/mol. The number of rotatable bonds is 4. The number of oxazole rings is 1. The third-order valence-electron chi connectivity index (χ3n) is 4.85. The van der Waals surface area contributed by atoms with Crippen LogP contribution in [0, 0.1) is 12.8 Å². The van der Waals surface area contributed by atoms with Gasteiger partial charge in [0.25, 0.3) is 0 Å². The van der Waals surface area contributed by atoms with Gasteiger partial charge in [0.05, 0.1) is 37.4 Å². The number of aryl methyl sites for hydroxylation is 1. The van der Waals surface area contributed by atoms with E-state index in [4.69, 9.17) is 13.9 Å². The molecule has 0 amide bonds. The summed E-state index contributed by atoms with van der Waals surface area (Å²) in [6.07, 6.45) is 0.285. The molecule has 1 aliphatic carbocycles. The highest BCUT2D eigenvalue weighted by Gasteiger charge is 2.49. The SMILES string of the molecule is COc1ccc(C2c3oc(C)nc3CC(C)(O)C2C(C)=O)cc1OC. The number of carbonyl (C=O) groups is 1. The predicted molar refractivity (Wildman–Crippen MR) is 91.1 cm³/mol. The Bertz CT molecular complexity index is 808. The Morgan fingerprint density at radius 2 is 2.00 bits per heavy atom. The zero-order valence-electron chi connectivity index (χ0n) is 15.1. The predicted octanol–water partition coefficient (Wildman–Crippen LogP) is 2.64. The maximum absolute atomic E-state index is 12.4. The molecule has 6 heteroatoms. The molecule has 1 aromatic carbocycles. The molecule has 134 valence electrons. The van der Waals surface area contributed by atoms with Crippen LogP contribution >= 0.6 is 0 Å². The zero-order chi connectivity index (χ0) is 18.4. The number of ketones is 1. The average Bonchev–Trinajstić information content (AvgIpc) is 2.90. The molecule has 1 aliphatic rings. The summed E-state index contributed by atoms with van der Waals surface area (Å²) < 4.78 is 16.5. The minimum Gasteiger partial charge on any atom is -0.493 e. The number of hydrogen-bond acceptors (Lipinski definition) is 6. The number of ether oxygens (including phenoxy) is 2. The number of hydrogen-bond donors (Lipinski definition) is 1. The van der Waals surface area contributed by atoms with Crippen molar-refractivity contribution in [3.63, 3.8) is 0 Å². The van der Waals surface area contributed by atoms with Gasteiger partial charge in [-0.1, -0.05) is 6.07 Å². The van der Waals surface area contributed by atoms with Crippen molar-refractivity contribution in [1.29, 1.82) is 0 Å². The van der Waals surface area contributed by atoms with Crippen LogP contribution in [0.4, 0.5) is 0 Å². The molecule has 0 saturated heterocycles. The number of nitrogens with zero attached hydrogens (tertiary/aromatic N) is 1. The molecular weight excluding hydrogens is 322 g/mol. The van der Waals surface area contributed by atoms with Crippen molar-refractivity contribution in [2.45, 2.75) is 38.7 Å². The Hall–Kier alpha value is -2.34. The number of Topliss-reactive ketones (excluding diaryl/α,β-unsaturated/α-hetero) is 1. The second-order valence-corrected chi connectivity index (χ2v) is 6.76. The van der Waals surface area contributed by atoms with Crippen molar-refractivity contribution in [3.8, 4) is 11.5 Å². The van der Waals surface area contributed by atoms with Crippen molar-refractivity contribution in [2.75, 3.05) is 14.2 Å². The number of aliphatic hydroxyl groups is 1. The topological polar surface area (TPSA) is 81.8 Å². The van der Waals surface area contributed by atoms with Gasteiger partial charge in [-0.2, -0.15) is 0 Å². The lowest BCUT2D eigenvalue weighted by Gasteiger charge is -2.40. The minimum atomic E-state index is -1.21. The maximum Gasteiger partial charge on any atom is 0.191 e. The Morgan fingerprint density at radius 3 is 2.60 bits per heavy atom. The van der Waals surface area contributed by atoms with E-state index in [1.165, 1.54) is 6.92 Å². The van der Waals surface area contributed by atoms with E-state index in [-0.39, 0.29) is 12.2 Å². The van der Waals surface area contributed by atoms with E-state index in [1.54, 1.807) is 34.1 Å². The lowest BCUT2D eigenvalue weighted by Crippen LogP contribution is -2.47. The Morgan fingerprint density at radius 1 is 1.32 bits per heavy atom. The van der Waals surface area contributed by atoms with Crippen LogP contribution in [0.5, 0.6) is 11.5 Å². The van der Waals surface area contributed by atoms with Crippen molar-refractivity contribution in [1.82, 2.24) is 4.98 Å². The fourth-order valence-corrected chi connectivity index (χ4v) is 3.88. The second-order valence-electron chi connectivity index (χ2n) is 6.76. The lowest BCUT2D eigenvalue weighted by atomic mass is 9.66. The van der Waals surface area contributed by atoms with Crippen molar-refractivity contribution in [3.05, 3.63) is 41.1 Å². The molecule has 3 unspecified atom stereocenters. The van der Waals surface area contributed by atoms with Gasteiger partial charge in [-0.05, 0) is 31.5 Å². The van der Waals surface area contributed by atoms with Crippen LogP contribution in [0.2, 0.25) is 0 Å². The highest BCUT2D eigenvalue weighted by atomic mass is 16.5. The largest absolute Gasteiger partial charge is 0.493 e. The number of carbonyl (C=O) groups excluding carboxylic acids is 1. The third kappa shape index (κ3) is 2.91. The Kier molecular flexibility index (Phi) is 4.33. The van der Waals surface area contributed by atoms with E-state index < -0.39 is 17.4 Å². The first-order chi connectivity index (χ1) is 11.8. The smallest absolute Gasteiger partial charge is 0.191 e. The van der Waals surface area contributed by atoms with E-state index in [2.05, 4.69) is 4.98 Å². The van der Waals surface area contributed by atoms with E-state index in [1.807, 2.05) is 12.1 Å². The van der Waals surface area contributed by atoms with Crippen molar-refractivity contribution in [2.24, 2.45) is 5.92 Å². The van der Waals surface area contributed by atoms with E-state index in [0.717, 1.165) is 5.56 Å². The van der Waals surface area contributed by atoms with Gasteiger partial charge >= 0.3 is 0 Å². The standard InChI is InChI=1S/C19H23NO5/c1-10(21)17-16(12-6-7-14(23-4)15(8-12)24-5)18-13(9-19(17,3)22)20-11(2)25-18/h6-8,16-17,22H,9H2,1-5H3. The summed E-state index contributed by atoms with van der Waals surface area (Å²) in [5.74, 6) is 1.16. The van der Waals surface area contributed by atoms with E-state index in [9.17, 15) is 9.90 Å². The normalized spacial score (nSPS) is 25.4. The molecule has 6 nitrogen and oxygen atoms in total. The third-order valence-corrected chi connectivity index (χ3v) is 4.85. The van der Waals surface area contributed by atoms with Crippen LogP contribution in [0.3, 0.4) is 0 Å². The number of fused-ring (bicyclic) bond motifs is 1. The molecule has 0 bridgehead atoms. The van der Waals surface area contributed by atoms with Crippen molar-refractivity contribution >= 4 is 5.78 Å². The summed E-state index contributed by atoms with van der Waals surface area (Å²) in [4.78, 5) is 16.8. The van der Waals surface area contributed by atoms with Gasteiger partial charge < -0.3 is 19.0 Å². The van der Waals surface area contributed by atoms with Crippen molar-refractivity contribution < 1.29 is 23.8 Å². The van der Waals surface area contributed by atoms with Gasteiger partial charge in [0.1, 0.15) is 11.5 Å². The Balaban J connectivity index is 2.21. The van der Waals surface area contributed by atoms with Crippen LogP contribution in [-0.2, 0) is 11.2 Å². The van der Waals surface area contributed by atoms with Gasteiger partial charge in [-0.3, -0.25) is 4.79 Å². The molecule has 3 atom stereocenters. The Labute approximate surface area is 146 Å². The molecule has 2 aromatic rings. The summed E-state index contributed by atoms with van der Waals surface area (Å²) in [6, 6.07) is 5.48. The molecule has 0 fully saturated rings. The van der Waals surface area contributed by atoms with Gasteiger partial charge in [0.15, 0.2) is 17.4 Å². The minimum absolute atomic E-state index is 0.0931. The van der Waals surface area contributed by atoms with Gasteiger partial charge in [-0.25, -0.2) is 4.98 Å². The zero-order valence-corrected chi connectivity index (χ0v) is 15.1. The van der Waals surface area contributed by atoms with E-state index >= 15 is 0 Å². The van der Waals surface area contributed by atoms with Gasteiger partial charge in [-0.15, -0.1) is 0 Å². The molecule has 25 heavy (non-hydrogen) atoms. The molecule has 0 radical (unpaired) electrons. The van der Waals surface area contributed by atoms with E-state index in [0.29, 0.717) is 28.8 Å². The van der Waals surface area contributed by atoms with Crippen LogP contribution in [-0.4, -0.2) is 35.7 Å². The lowest BCUT2D eigenvalue weighted by molar-refractivity contribution is -0.131. The number of aromatic nitrogens is 1. The van der Waals surface area contributed by atoms with Crippen LogP contribution in [0.25, 0.3) is 0 Å². The molecule has 0 spiro atoms. The highest BCUT2D eigenvalue weighted by molar-refractivity contribution is 5.82. The molecule has 3 rings (SSSR count). The van der Waals surface area contributed by atoms with Gasteiger partial charge in [0.2, 0.25) is 0 Å². The molecule has 0 aliphatic heterocycles. The summed E-state index contributed by atoms with van der Waals surface area (Å²) in [6.45, 7) is 4.95. The van der Waals surface area contributed by atoms with Crippen LogP contribution in [0.1, 0.15) is 42.7 Å². The molecule has 1 N–H and O–H groups in total. The van der Waals surface area contributed by atoms with Gasteiger partial charge in [0, 0.05) is 13.3 Å². The highest BCUT2D eigenvalue weighted by Crippen LogP contribution is 2.47. The first kappa shape index (κ1) is 17.5. The molecular formula is C19H23NO5. The summed E-state index contributed by atoms with van der Waals surface area (Å²) >= 11 is 0. The molecule has 1 aromatic heterocycles. The summed E-state index contributed by atoms with van der Waals surface area (Å²) in [5.41, 5.74) is 0.301. The fraction of sp³-hybridized carbons (Fsp3) is 0.474. The summed E-state index contributed by atoms with van der Waals surface area (Å²) in [5, 5.41) is 11.0. The van der Waals surface area contributed by atoms with Crippen LogP contribution < -0.4 is 9.47 Å².